The van der Waals surface area contributed by atoms with E-state index in [9.17, 15) is 0 Å². The fourth-order valence-electron chi connectivity index (χ4n) is 1.76. The Balaban J connectivity index is 1.97. The maximum absolute atomic E-state index is 2.47. The smallest absolute Gasteiger partial charge is 0.00936 e. The monoisotopic (exact) mass is 161 g/mol. The molecule has 1 heteroatoms. The van der Waals surface area contributed by atoms with Crippen LogP contribution in [0.5, 0.6) is 0 Å². The molecule has 1 aliphatic rings. The SMILES string of the molecule is CCN1CC(c2ccccc2)C1. The second kappa shape index (κ2) is 3.28. The molecule has 1 nitrogen and oxygen atoms in total. The predicted molar refractivity (Wildman–Crippen MR) is 51.3 cm³/mol. The lowest BCUT2D eigenvalue weighted by Gasteiger charge is -2.38. The summed E-state index contributed by atoms with van der Waals surface area (Å²) in [5.41, 5.74) is 1.50. The van der Waals surface area contributed by atoms with Crippen molar-refractivity contribution in [3.05, 3.63) is 35.9 Å². The third kappa shape index (κ3) is 1.37. The van der Waals surface area contributed by atoms with Crippen molar-refractivity contribution in [1.82, 2.24) is 4.90 Å². The third-order valence-corrected chi connectivity index (χ3v) is 2.68. The fraction of sp³-hybridized carbons (Fsp3) is 0.455. The van der Waals surface area contributed by atoms with Crippen molar-refractivity contribution in [3.8, 4) is 0 Å². The molecule has 12 heavy (non-hydrogen) atoms. The molecular formula is C11H15N. The van der Waals surface area contributed by atoms with Crippen LogP contribution in [0.25, 0.3) is 0 Å². The number of benzene rings is 1. The molecule has 0 spiro atoms. The molecule has 0 amide bonds. The first-order valence-corrected chi connectivity index (χ1v) is 4.67. The summed E-state index contributed by atoms with van der Waals surface area (Å²) in [6.45, 7) is 5.92. The molecule has 64 valence electrons. The van der Waals surface area contributed by atoms with E-state index in [2.05, 4.69) is 42.2 Å². The van der Waals surface area contributed by atoms with E-state index in [1.54, 1.807) is 0 Å². The Bertz CT molecular complexity index is 236. The van der Waals surface area contributed by atoms with Gasteiger partial charge >= 0.3 is 0 Å². The minimum absolute atomic E-state index is 0.797. The summed E-state index contributed by atoms with van der Waals surface area (Å²) in [6, 6.07) is 10.8. The van der Waals surface area contributed by atoms with Gasteiger partial charge in [-0.1, -0.05) is 37.3 Å². The van der Waals surface area contributed by atoms with Gasteiger partial charge in [0.1, 0.15) is 0 Å². The van der Waals surface area contributed by atoms with Crippen molar-refractivity contribution in [1.29, 1.82) is 0 Å². The lowest BCUT2D eigenvalue weighted by molar-refractivity contribution is 0.157. The number of hydrogen-bond donors (Lipinski definition) is 0. The highest BCUT2D eigenvalue weighted by molar-refractivity contribution is 5.22. The van der Waals surface area contributed by atoms with Crippen molar-refractivity contribution in [2.45, 2.75) is 12.8 Å². The first kappa shape index (κ1) is 7.81. The number of hydrogen-bond acceptors (Lipinski definition) is 1. The molecule has 0 unspecified atom stereocenters. The summed E-state index contributed by atoms with van der Waals surface area (Å²) in [7, 11) is 0. The highest BCUT2D eigenvalue weighted by atomic mass is 15.2. The third-order valence-electron chi connectivity index (χ3n) is 2.68. The Morgan fingerprint density at radius 1 is 1.25 bits per heavy atom. The van der Waals surface area contributed by atoms with Gasteiger partial charge in [-0.25, -0.2) is 0 Å². The fourth-order valence-corrected chi connectivity index (χ4v) is 1.76. The number of likely N-dealkylation sites (tertiary alicyclic amines) is 1. The average Bonchev–Trinajstić information content (AvgIpc) is 2.04. The second-order valence-corrected chi connectivity index (χ2v) is 3.46. The van der Waals surface area contributed by atoms with Gasteiger partial charge in [0.05, 0.1) is 0 Å². The Labute approximate surface area is 74.0 Å². The lowest BCUT2D eigenvalue weighted by atomic mass is 9.92. The van der Waals surface area contributed by atoms with Crippen LogP contribution in [-0.2, 0) is 0 Å². The van der Waals surface area contributed by atoms with Crippen LogP contribution in [0.4, 0.5) is 0 Å². The van der Waals surface area contributed by atoms with Gasteiger partial charge in [-0.2, -0.15) is 0 Å². The van der Waals surface area contributed by atoms with Crippen LogP contribution >= 0.6 is 0 Å². The Morgan fingerprint density at radius 3 is 2.50 bits per heavy atom. The van der Waals surface area contributed by atoms with E-state index >= 15 is 0 Å². The molecule has 1 heterocycles. The Morgan fingerprint density at radius 2 is 1.92 bits per heavy atom. The molecule has 0 bridgehead atoms. The van der Waals surface area contributed by atoms with E-state index in [1.807, 2.05) is 0 Å². The predicted octanol–water partition coefficient (Wildman–Crippen LogP) is 2.11. The molecule has 0 aliphatic carbocycles. The van der Waals surface area contributed by atoms with Crippen molar-refractivity contribution in [2.75, 3.05) is 19.6 Å². The summed E-state index contributed by atoms with van der Waals surface area (Å²) in [6.07, 6.45) is 0. The topological polar surface area (TPSA) is 3.24 Å². The van der Waals surface area contributed by atoms with Crippen LogP contribution in [0, 0.1) is 0 Å². The minimum Gasteiger partial charge on any atom is -0.302 e. The maximum atomic E-state index is 2.47. The molecule has 0 atom stereocenters. The van der Waals surface area contributed by atoms with Gasteiger partial charge in [0.15, 0.2) is 0 Å². The van der Waals surface area contributed by atoms with Crippen LogP contribution < -0.4 is 0 Å². The Kier molecular flexibility index (Phi) is 2.13. The van der Waals surface area contributed by atoms with Gasteiger partial charge in [-0.15, -0.1) is 0 Å². The van der Waals surface area contributed by atoms with E-state index < -0.39 is 0 Å². The zero-order valence-electron chi connectivity index (χ0n) is 7.53. The lowest BCUT2D eigenvalue weighted by Crippen LogP contribution is -2.44. The zero-order valence-corrected chi connectivity index (χ0v) is 7.53. The molecule has 0 saturated carbocycles. The van der Waals surface area contributed by atoms with Gasteiger partial charge in [0, 0.05) is 19.0 Å². The zero-order chi connectivity index (χ0) is 8.39. The van der Waals surface area contributed by atoms with E-state index in [0.29, 0.717) is 0 Å². The van der Waals surface area contributed by atoms with Crippen molar-refractivity contribution in [3.63, 3.8) is 0 Å². The van der Waals surface area contributed by atoms with Crippen molar-refractivity contribution >= 4 is 0 Å². The molecule has 1 aliphatic heterocycles. The molecular weight excluding hydrogens is 146 g/mol. The molecule has 1 aromatic rings. The van der Waals surface area contributed by atoms with Crippen LogP contribution in [0.15, 0.2) is 30.3 Å². The summed E-state index contributed by atoms with van der Waals surface area (Å²) >= 11 is 0. The number of likely N-dealkylation sites (N-methyl/N-ethyl adjacent to an activating group) is 1. The van der Waals surface area contributed by atoms with Crippen LogP contribution in [0.3, 0.4) is 0 Å². The van der Waals surface area contributed by atoms with E-state index in [-0.39, 0.29) is 0 Å². The summed E-state index contributed by atoms with van der Waals surface area (Å²) in [4.78, 5) is 2.47. The van der Waals surface area contributed by atoms with Gasteiger partial charge < -0.3 is 4.90 Å². The van der Waals surface area contributed by atoms with Crippen LogP contribution in [-0.4, -0.2) is 24.5 Å². The van der Waals surface area contributed by atoms with Gasteiger partial charge in [-0.3, -0.25) is 0 Å². The van der Waals surface area contributed by atoms with Gasteiger partial charge in [-0.05, 0) is 12.1 Å². The average molecular weight is 161 g/mol. The van der Waals surface area contributed by atoms with E-state index in [0.717, 1.165) is 5.92 Å². The largest absolute Gasteiger partial charge is 0.302 e. The normalized spacial score (nSPS) is 19.1. The standard InChI is InChI=1S/C11H15N/c1-2-12-8-11(9-12)10-6-4-3-5-7-10/h3-7,11H,2,8-9H2,1H3. The first-order valence-electron chi connectivity index (χ1n) is 4.67. The van der Waals surface area contributed by atoms with Crippen LogP contribution in [0.2, 0.25) is 0 Å². The molecule has 1 saturated heterocycles. The highest BCUT2D eigenvalue weighted by Gasteiger charge is 2.25. The van der Waals surface area contributed by atoms with Gasteiger partial charge in [0.2, 0.25) is 0 Å². The van der Waals surface area contributed by atoms with Gasteiger partial charge in [0.25, 0.3) is 0 Å². The Hall–Kier alpha value is -0.820. The summed E-state index contributed by atoms with van der Waals surface area (Å²) in [5, 5.41) is 0. The van der Waals surface area contributed by atoms with Crippen molar-refractivity contribution < 1.29 is 0 Å². The molecule has 2 rings (SSSR count). The van der Waals surface area contributed by atoms with Crippen LogP contribution in [0.1, 0.15) is 18.4 Å². The van der Waals surface area contributed by atoms with E-state index in [4.69, 9.17) is 0 Å². The first-order chi connectivity index (χ1) is 5.90. The number of rotatable bonds is 2. The highest BCUT2D eigenvalue weighted by Crippen LogP contribution is 2.25. The second-order valence-electron chi connectivity index (χ2n) is 3.46. The molecule has 0 N–H and O–H groups in total. The summed E-state index contributed by atoms with van der Waals surface area (Å²) < 4.78 is 0. The molecule has 1 fully saturated rings. The molecule has 0 radical (unpaired) electrons. The maximum Gasteiger partial charge on any atom is 0.00936 e. The minimum atomic E-state index is 0.797. The quantitative estimate of drug-likeness (QED) is 0.642. The van der Waals surface area contributed by atoms with E-state index in [1.165, 1.54) is 25.2 Å². The van der Waals surface area contributed by atoms with Crippen molar-refractivity contribution in [2.24, 2.45) is 0 Å². The molecule has 1 aromatic carbocycles. The summed E-state index contributed by atoms with van der Waals surface area (Å²) in [5.74, 6) is 0.797. The molecule has 0 aromatic heterocycles. The number of nitrogens with zero attached hydrogens (tertiary/aromatic N) is 1.